The van der Waals surface area contributed by atoms with E-state index in [1.165, 1.54) is 12.3 Å². The first-order chi connectivity index (χ1) is 7.50. The molecule has 0 aromatic carbocycles. The summed E-state index contributed by atoms with van der Waals surface area (Å²) in [5.74, 6) is -1.83. The van der Waals surface area contributed by atoms with Gasteiger partial charge in [-0.3, -0.25) is 0 Å². The molecular formula is C11H15F2N3. The van der Waals surface area contributed by atoms with Gasteiger partial charge in [-0.2, -0.15) is 8.78 Å². The van der Waals surface area contributed by atoms with Gasteiger partial charge in [-0.05, 0) is 18.4 Å². The lowest BCUT2D eigenvalue weighted by atomic mass is 9.98. The van der Waals surface area contributed by atoms with E-state index in [0.29, 0.717) is 11.9 Å². The summed E-state index contributed by atoms with van der Waals surface area (Å²) in [7, 11) is 0. The van der Waals surface area contributed by atoms with Gasteiger partial charge in [0.2, 0.25) is 5.95 Å². The molecule has 0 aliphatic carbocycles. The number of nitrogens with zero attached hydrogens (tertiary/aromatic N) is 3. The molecule has 88 valence electrons. The zero-order valence-corrected chi connectivity index (χ0v) is 9.45. The van der Waals surface area contributed by atoms with E-state index in [9.17, 15) is 8.78 Å². The Bertz CT molecular complexity index is 370. The lowest BCUT2D eigenvalue weighted by Crippen LogP contribution is -2.47. The standard InChI is InChI=1S/C11H15F2N3/c1-3-8-6-16(7-8)10-14-5-4-9(15-10)11(2,12)13/h4-5,8H,3,6-7H2,1-2H3. The maximum absolute atomic E-state index is 13.1. The highest BCUT2D eigenvalue weighted by Crippen LogP contribution is 2.28. The predicted octanol–water partition coefficient (Wildman–Crippen LogP) is 2.43. The molecule has 0 saturated carbocycles. The van der Waals surface area contributed by atoms with Crippen molar-refractivity contribution in [3.8, 4) is 0 Å². The summed E-state index contributed by atoms with van der Waals surface area (Å²) < 4.78 is 26.1. The third kappa shape index (κ3) is 2.13. The van der Waals surface area contributed by atoms with Crippen LogP contribution in [0.4, 0.5) is 14.7 Å². The van der Waals surface area contributed by atoms with Crippen LogP contribution in [0, 0.1) is 5.92 Å². The largest absolute Gasteiger partial charge is 0.340 e. The van der Waals surface area contributed by atoms with E-state index in [2.05, 4.69) is 16.9 Å². The maximum atomic E-state index is 13.1. The van der Waals surface area contributed by atoms with E-state index in [0.717, 1.165) is 26.4 Å². The Labute approximate surface area is 93.5 Å². The average Bonchev–Trinajstić information content (AvgIpc) is 2.15. The maximum Gasteiger partial charge on any atom is 0.287 e. The van der Waals surface area contributed by atoms with Crippen LogP contribution in [0.5, 0.6) is 0 Å². The van der Waals surface area contributed by atoms with Crippen molar-refractivity contribution in [3.63, 3.8) is 0 Å². The molecule has 3 nitrogen and oxygen atoms in total. The van der Waals surface area contributed by atoms with Crippen LogP contribution in [0.1, 0.15) is 26.0 Å². The molecule has 2 heterocycles. The van der Waals surface area contributed by atoms with Crippen LogP contribution in [0.25, 0.3) is 0 Å². The van der Waals surface area contributed by atoms with Gasteiger partial charge >= 0.3 is 0 Å². The van der Waals surface area contributed by atoms with Crippen LogP contribution in [0.3, 0.4) is 0 Å². The molecule has 0 N–H and O–H groups in total. The third-order valence-corrected chi connectivity index (χ3v) is 2.91. The highest BCUT2D eigenvalue weighted by molar-refractivity contribution is 5.34. The molecule has 1 saturated heterocycles. The lowest BCUT2D eigenvalue weighted by Gasteiger charge is -2.38. The van der Waals surface area contributed by atoms with E-state index in [-0.39, 0.29) is 5.69 Å². The molecule has 0 atom stereocenters. The summed E-state index contributed by atoms with van der Waals surface area (Å²) in [6.07, 6.45) is 2.51. The smallest absolute Gasteiger partial charge is 0.287 e. The number of hydrogen-bond donors (Lipinski definition) is 0. The normalized spacial score (nSPS) is 17.4. The van der Waals surface area contributed by atoms with Crippen molar-refractivity contribution in [3.05, 3.63) is 18.0 Å². The number of aromatic nitrogens is 2. The van der Waals surface area contributed by atoms with Crippen LogP contribution >= 0.6 is 0 Å². The SMILES string of the molecule is CCC1CN(c2nccc(C(C)(F)F)n2)C1. The van der Waals surface area contributed by atoms with Gasteiger partial charge in [0.25, 0.3) is 5.92 Å². The Morgan fingerprint density at radius 3 is 2.75 bits per heavy atom. The van der Waals surface area contributed by atoms with E-state index in [1.54, 1.807) is 0 Å². The number of alkyl halides is 2. The molecule has 0 amide bonds. The van der Waals surface area contributed by atoms with Gasteiger partial charge in [0.1, 0.15) is 5.69 Å². The highest BCUT2D eigenvalue weighted by Gasteiger charge is 2.30. The monoisotopic (exact) mass is 227 g/mol. The van der Waals surface area contributed by atoms with Crippen LogP contribution in [0.15, 0.2) is 12.3 Å². The minimum Gasteiger partial charge on any atom is -0.340 e. The predicted molar refractivity (Wildman–Crippen MR) is 57.6 cm³/mol. The van der Waals surface area contributed by atoms with Gasteiger partial charge in [0.15, 0.2) is 0 Å². The molecule has 1 aliphatic heterocycles. The van der Waals surface area contributed by atoms with Crippen molar-refractivity contribution < 1.29 is 8.78 Å². The van der Waals surface area contributed by atoms with Crippen LogP contribution in [0.2, 0.25) is 0 Å². The van der Waals surface area contributed by atoms with Crippen LogP contribution in [-0.2, 0) is 5.92 Å². The Morgan fingerprint density at radius 1 is 1.50 bits per heavy atom. The van der Waals surface area contributed by atoms with E-state index in [1.807, 2.05) is 4.90 Å². The van der Waals surface area contributed by atoms with E-state index < -0.39 is 5.92 Å². The summed E-state index contributed by atoms with van der Waals surface area (Å²) in [6.45, 7) is 4.72. The Balaban J connectivity index is 2.12. The number of halogens is 2. The molecule has 0 unspecified atom stereocenters. The first-order valence-electron chi connectivity index (χ1n) is 5.47. The molecule has 5 heteroatoms. The van der Waals surface area contributed by atoms with Gasteiger partial charge in [0, 0.05) is 26.2 Å². The molecule has 0 spiro atoms. The van der Waals surface area contributed by atoms with E-state index in [4.69, 9.17) is 0 Å². The number of hydrogen-bond acceptors (Lipinski definition) is 3. The number of anilines is 1. The molecule has 1 aliphatic rings. The van der Waals surface area contributed by atoms with E-state index >= 15 is 0 Å². The van der Waals surface area contributed by atoms with Crippen molar-refractivity contribution in [2.45, 2.75) is 26.2 Å². The fraction of sp³-hybridized carbons (Fsp3) is 0.636. The second-order valence-corrected chi connectivity index (χ2v) is 4.31. The average molecular weight is 227 g/mol. The zero-order valence-electron chi connectivity index (χ0n) is 9.45. The van der Waals surface area contributed by atoms with Gasteiger partial charge in [0.05, 0.1) is 0 Å². The Morgan fingerprint density at radius 2 is 2.19 bits per heavy atom. The van der Waals surface area contributed by atoms with Crippen molar-refractivity contribution in [1.29, 1.82) is 0 Å². The van der Waals surface area contributed by atoms with Crippen molar-refractivity contribution in [1.82, 2.24) is 9.97 Å². The quantitative estimate of drug-likeness (QED) is 0.794. The first-order valence-corrected chi connectivity index (χ1v) is 5.47. The topological polar surface area (TPSA) is 29.0 Å². The zero-order chi connectivity index (χ0) is 11.8. The summed E-state index contributed by atoms with van der Waals surface area (Å²) in [5, 5.41) is 0. The fourth-order valence-corrected chi connectivity index (χ4v) is 1.74. The lowest BCUT2D eigenvalue weighted by molar-refractivity contribution is 0.0126. The molecule has 1 aromatic rings. The van der Waals surface area contributed by atoms with Crippen LogP contribution < -0.4 is 4.90 Å². The Hall–Kier alpha value is -1.26. The third-order valence-electron chi connectivity index (χ3n) is 2.91. The van der Waals surface area contributed by atoms with Crippen LogP contribution in [-0.4, -0.2) is 23.1 Å². The second-order valence-electron chi connectivity index (χ2n) is 4.31. The second kappa shape index (κ2) is 3.96. The summed E-state index contributed by atoms with van der Waals surface area (Å²) in [6, 6.07) is 1.26. The summed E-state index contributed by atoms with van der Waals surface area (Å²) in [5.41, 5.74) is -0.211. The minimum absolute atomic E-state index is 0.211. The van der Waals surface area contributed by atoms with Gasteiger partial charge in [-0.15, -0.1) is 0 Å². The highest BCUT2D eigenvalue weighted by atomic mass is 19.3. The van der Waals surface area contributed by atoms with Gasteiger partial charge in [-0.25, -0.2) is 9.97 Å². The molecule has 1 fully saturated rings. The van der Waals surface area contributed by atoms with Crippen molar-refractivity contribution in [2.24, 2.45) is 5.92 Å². The molecule has 1 aromatic heterocycles. The molecule has 16 heavy (non-hydrogen) atoms. The summed E-state index contributed by atoms with van der Waals surface area (Å²) in [4.78, 5) is 9.86. The molecule has 2 rings (SSSR count). The fourth-order valence-electron chi connectivity index (χ4n) is 1.74. The van der Waals surface area contributed by atoms with Crippen molar-refractivity contribution >= 4 is 5.95 Å². The van der Waals surface area contributed by atoms with Gasteiger partial charge in [-0.1, -0.05) is 6.92 Å². The Kier molecular flexibility index (Phi) is 2.78. The van der Waals surface area contributed by atoms with Crippen molar-refractivity contribution in [2.75, 3.05) is 18.0 Å². The first kappa shape index (κ1) is 11.2. The number of rotatable bonds is 3. The summed E-state index contributed by atoms with van der Waals surface area (Å²) >= 11 is 0. The molecule has 0 radical (unpaired) electrons. The molecular weight excluding hydrogens is 212 g/mol. The minimum atomic E-state index is -2.90. The van der Waals surface area contributed by atoms with Gasteiger partial charge < -0.3 is 4.90 Å². The molecule has 0 bridgehead atoms.